The maximum atomic E-state index is 12.1. The summed E-state index contributed by atoms with van der Waals surface area (Å²) in [5, 5.41) is 0. The van der Waals surface area contributed by atoms with Crippen molar-refractivity contribution in [1.29, 1.82) is 0 Å². The molecule has 0 radical (unpaired) electrons. The molecule has 1 fully saturated rings. The maximum Gasteiger partial charge on any atom is 0.223 e. The number of piperidine rings is 1. The number of carbonyl (C=O) groups is 1. The Labute approximate surface area is 116 Å². The summed E-state index contributed by atoms with van der Waals surface area (Å²) < 4.78 is 0. The summed E-state index contributed by atoms with van der Waals surface area (Å²) in [6.07, 6.45) is 4.56. The smallest absolute Gasteiger partial charge is 0.223 e. The van der Waals surface area contributed by atoms with Crippen LogP contribution in [0.2, 0.25) is 0 Å². The van der Waals surface area contributed by atoms with Crippen molar-refractivity contribution in [2.45, 2.75) is 32.2 Å². The van der Waals surface area contributed by atoms with Crippen LogP contribution in [0.3, 0.4) is 0 Å². The lowest BCUT2D eigenvalue weighted by molar-refractivity contribution is -0.130. The molecule has 0 aromatic heterocycles. The Morgan fingerprint density at radius 3 is 2.53 bits per heavy atom. The van der Waals surface area contributed by atoms with Crippen molar-refractivity contribution in [2.24, 2.45) is 0 Å². The Hall–Kier alpha value is -1.35. The van der Waals surface area contributed by atoms with E-state index >= 15 is 0 Å². The molecule has 104 valence electrons. The molecule has 3 heteroatoms. The van der Waals surface area contributed by atoms with Crippen LogP contribution in [-0.4, -0.2) is 42.4 Å². The van der Waals surface area contributed by atoms with Crippen molar-refractivity contribution in [3.63, 3.8) is 0 Å². The standard InChI is InChI=1S/C16H24N2O/c1-17(14-15-8-4-2-5-9-15)16(19)10-13-18-11-6-3-7-12-18/h2,4-5,8-9H,3,6-7,10-14H2,1H3. The summed E-state index contributed by atoms with van der Waals surface area (Å²) in [5.41, 5.74) is 1.19. The van der Waals surface area contributed by atoms with Gasteiger partial charge >= 0.3 is 0 Å². The summed E-state index contributed by atoms with van der Waals surface area (Å²) in [7, 11) is 1.89. The van der Waals surface area contributed by atoms with Gasteiger partial charge < -0.3 is 9.80 Å². The Bertz CT molecular complexity index is 385. The third-order valence-electron chi connectivity index (χ3n) is 3.78. The second kappa shape index (κ2) is 7.29. The molecule has 1 aromatic rings. The summed E-state index contributed by atoms with van der Waals surface area (Å²) in [5.74, 6) is 0.245. The van der Waals surface area contributed by atoms with Crippen LogP contribution >= 0.6 is 0 Å². The van der Waals surface area contributed by atoms with E-state index in [1.807, 2.05) is 30.1 Å². The lowest BCUT2D eigenvalue weighted by Gasteiger charge is -2.27. The lowest BCUT2D eigenvalue weighted by atomic mass is 10.1. The molecule has 3 nitrogen and oxygen atoms in total. The number of likely N-dealkylation sites (tertiary alicyclic amines) is 1. The van der Waals surface area contributed by atoms with Gasteiger partial charge in [-0.3, -0.25) is 4.79 Å². The first-order valence-electron chi connectivity index (χ1n) is 7.26. The number of rotatable bonds is 5. The van der Waals surface area contributed by atoms with Gasteiger partial charge in [0.1, 0.15) is 0 Å². The molecule has 1 saturated heterocycles. The molecule has 0 saturated carbocycles. The Morgan fingerprint density at radius 2 is 1.84 bits per heavy atom. The fourth-order valence-electron chi connectivity index (χ4n) is 2.57. The molecule has 0 atom stereocenters. The second-order valence-electron chi connectivity index (χ2n) is 5.39. The Morgan fingerprint density at radius 1 is 1.16 bits per heavy atom. The topological polar surface area (TPSA) is 23.6 Å². The molecule has 1 heterocycles. The molecule has 0 unspecified atom stereocenters. The van der Waals surface area contributed by atoms with Gasteiger partial charge in [-0.2, -0.15) is 0 Å². The highest BCUT2D eigenvalue weighted by Crippen LogP contribution is 2.10. The zero-order valence-electron chi connectivity index (χ0n) is 11.8. The molecule has 0 N–H and O–H groups in total. The SMILES string of the molecule is CN(Cc1ccccc1)C(=O)CCN1CCCCC1. The minimum atomic E-state index is 0.245. The van der Waals surface area contributed by atoms with E-state index in [2.05, 4.69) is 17.0 Å². The van der Waals surface area contributed by atoms with Crippen LogP contribution in [0.15, 0.2) is 30.3 Å². The van der Waals surface area contributed by atoms with Crippen molar-refractivity contribution in [1.82, 2.24) is 9.80 Å². The second-order valence-corrected chi connectivity index (χ2v) is 5.39. The molecule has 1 aromatic carbocycles. The van der Waals surface area contributed by atoms with E-state index in [1.54, 1.807) is 0 Å². The highest BCUT2D eigenvalue weighted by molar-refractivity contribution is 5.76. The van der Waals surface area contributed by atoms with Crippen LogP contribution in [0, 0.1) is 0 Å². The molecule has 2 rings (SSSR count). The Kier molecular flexibility index (Phi) is 5.40. The fourth-order valence-corrected chi connectivity index (χ4v) is 2.57. The first kappa shape index (κ1) is 14.1. The van der Waals surface area contributed by atoms with Gasteiger partial charge in [-0.05, 0) is 31.5 Å². The molecule has 1 amide bonds. The van der Waals surface area contributed by atoms with E-state index in [0.717, 1.165) is 19.6 Å². The first-order chi connectivity index (χ1) is 9.25. The van der Waals surface area contributed by atoms with Crippen LogP contribution in [0.1, 0.15) is 31.2 Å². The van der Waals surface area contributed by atoms with Crippen molar-refractivity contribution < 1.29 is 4.79 Å². The number of benzene rings is 1. The van der Waals surface area contributed by atoms with E-state index in [0.29, 0.717) is 13.0 Å². The van der Waals surface area contributed by atoms with Crippen molar-refractivity contribution in [3.05, 3.63) is 35.9 Å². The van der Waals surface area contributed by atoms with E-state index in [4.69, 9.17) is 0 Å². The number of hydrogen-bond donors (Lipinski definition) is 0. The van der Waals surface area contributed by atoms with Gasteiger partial charge in [-0.1, -0.05) is 36.8 Å². The average Bonchev–Trinajstić information content (AvgIpc) is 2.47. The molecule has 0 spiro atoms. The Balaban J connectivity index is 1.73. The first-order valence-corrected chi connectivity index (χ1v) is 7.26. The van der Waals surface area contributed by atoms with Gasteiger partial charge in [0, 0.05) is 26.6 Å². The maximum absolute atomic E-state index is 12.1. The molecular weight excluding hydrogens is 236 g/mol. The van der Waals surface area contributed by atoms with Crippen LogP contribution in [-0.2, 0) is 11.3 Å². The third kappa shape index (κ3) is 4.67. The van der Waals surface area contributed by atoms with Crippen molar-refractivity contribution in [3.8, 4) is 0 Å². The number of amides is 1. The van der Waals surface area contributed by atoms with Gasteiger partial charge in [0.05, 0.1) is 0 Å². The number of nitrogens with zero attached hydrogens (tertiary/aromatic N) is 2. The fraction of sp³-hybridized carbons (Fsp3) is 0.562. The molecule has 0 bridgehead atoms. The number of hydrogen-bond acceptors (Lipinski definition) is 2. The largest absolute Gasteiger partial charge is 0.341 e. The normalized spacial score (nSPS) is 16.3. The van der Waals surface area contributed by atoms with Crippen LogP contribution in [0.5, 0.6) is 0 Å². The summed E-state index contributed by atoms with van der Waals surface area (Å²) in [6.45, 7) is 3.95. The van der Waals surface area contributed by atoms with Crippen LogP contribution in [0.4, 0.5) is 0 Å². The van der Waals surface area contributed by atoms with Crippen LogP contribution < -0.4 is 0 Å². The summed E-state index contributed by atoms with van der Waals surface area (Å²) >= 11 is 0. The quantitative estimate of drug-likeness (QED) is 0.812. The van der Waals surface area contributed by atoms with E-state index < -0.39 is 0 Å². The van der Waals surface area contributed by atoms with Gasteiger partial charge in [0.25, 0.3) is 0 Å². The predicted octanol–water partition coefficient (Wildman–Crippen LogP) is 2.52. The number of carbonyl (C=O) groups excluding carboxylic acids is 1. The minimum Gasteiger partial charge on any atom is -0.341 e. The summed E-state index contributed by atoms with van der Waals surface area (Å²) in [6, 6.07) is 10.2. The molecule has 19 heavy (non-hydrogen) atoms. The summed E-state index contributed by atoms with van der Waals surface area (Å²) in [4.78, 5) is 16.3. The van der Waals surface area contributed by atoms with Crippen LogP contribution in [0.25, 0.3) is 0 Å². The molecule has 1 aliphatic rings. The molecular formula is C16H24N2O. The zero-order valence-corrected chi connectivity index (χ0v) is 11.8. The zero-order chi connectivity index (χ0) is 13.5. The predicted molar refractivity (Wildman–Crippen MR) is 77.8 cm³/mol. The average molecular weight is 260 g/mol. The van der Waals surface area contributed by atoms with E-state index in [-0.39, 0.29) is 5.91 Å². The lowest BCUT2D eigenvalue weighted by Crippen LogP contribution is -2.34. The van der Waals surface area contributed by atoms with Gasteiger partial charge in [0.2, 0.25) is 5.91 Å². The van der Waals surface area contributed by atoms with Gasteiger partial charge in [-0.15, -0.1) is 0 Å². The van der Waals surface area contributed by atoms with E-state index in [1.165, 1.54) is 24.8 Å². The highest BCUT2D eigenvalue weighted by atomic mass is 16.2. The van der Waals surface area contributed by atoms with Gasteiger partial charge in [0.15, 0.2) is 0 Å². The van der Waals surface area contributed by atoms with E-state index in [9.17, 15) is 4.79 Å². The third-order valence-corrected chi connectivity index (χ3v) is 3.78. The van der Waals surface area contributed by atoms with Crippen molar-refractivity contribution >= 4 is 5.91 Å². The molecule has 0 aliphatic carbocycles. The highest BCUT2D eigenvalue weighted by Gasteiger charge is 2.14. The minimum absolute atomic E-state index is 0.245. The van der Waals surface area contributed by atoms with Crippen molar-refractivity contribution in [2.75, 3.05) is 26.7 Å². The molecule has 1 aliphatic heterocycles. The van der Waals surface area contributed by atoms with Gasteiger partial charge in [-0.25, -0.2) is 0 Å². The monoisotopic (exact) mass is 260 g/mol.